The summed E-state index contributed by atoms with van der Waals surface area (Å²) < 4.78 is 18.9. The standard InChI is InChI=1S/C14H15ClFN3O/c15-11-2-1-3-12(16)10(11)8-13-18-14(19-20-13)9-4-6-17-7-5-9/h1-3,9,17H,4-8H2. The molecule has 0 radical (unpaired) electrons. The molecule has 1 aliphatic rings. The Morgan fingerprint density at radius 2 is 2.15 bits per heavy atom. The number of benzene rings is 1. The summed E-state index contributed by atoms with van der Waals surface area (Å²) in [5.74, 6) is 1.10. The van der Waals surface area contributed by atoms with Crippen LogP contribution < -0.4 is 5.32 Å². The second kappa shape index (κ2) is 5.89. The minimum absolute atomic E-state index is 0.226. The quantitative estimate of drug-likeness (QED) is 0.946. The number of hydrogen-bond donors (Lipinski definition) is 1. The normalized spacial score (nSPS) is 16.5. The third kappa shape index (κ3) is 2.83. The molecule has 1 saturated heterocycles. The van der Waals surface area contributed by atoms with Crippen LogP contribution in [0.1, 0.15) is 36.0 Å². The Morgan fingerprint density at radius 3 is 2.90 bits per heavy atom. The van der Waals surface area contributed by atoms with E-state index in [1.807, 2.05) is 0 Å². The fraction of sp³-hybridized carbons (Fsp3) is 0.429. The first kappa shape index (κ1) is 13.5. The van der Waals surface area contributed by atoms with Crippen molar-refractivity contribution in [3.63, 3.8) is 0 Å². The number of rotatable bonds is 3. The van der Waals surface area contributed by atoms with Crippen LogP contribution >= 0.6 is 11.6 Å². The van der Waals surface area contributed by atoms with Gasteiger partial charge in [-0.25, -0.2) is 4.39 Å². The van der Waals surface area contributed by atoms with Crippen molar-refractivity contribution >= 4 is 11.6 Å². The molecular formula is C14H15ClFN3O. The van der Waals surface area contributed by atoms with Gasteiger partial charge in [-0.05, 0) is 38.1 Å². The van der Waals surface area contributed by atoms with E-state index in [4.69, 9.17) is 16.1 Å². The van der Waals surface area contributed by atoms with E-state index < -0.39 is 0 Å². The van der Waals surface area contributed by atoms with E-state index in [1.54, 1.807) is 12.1 Å². The van der Waals surface area contributed by atoms with Crippen molar-refractivity contribution in [1.29, 1.82) is 0 Å². The Hall–Kier alpha value is -1.46. The maximum Gasteiger partial charge on any atom is 0.231 e. The van der Waals surface area contributed by atoms with Crippen molar-refractivity contribution in [3.05, 3.63) is 46.3 Å². The molecule has 20 heavy (non-hydrogen) atoms. The van der Waals surface area contributed by atoms with Crippen LogP contribution in [0.3, 0.4) is 0 Å². The Balaban J connectivity index is 1.77. The van der Waals surface area contributed by atoms with Crippen LogP contribution in [0.4, 0.5) is 4.39 Å². The maximum absolute atomic E-state index is 13.7. The van der Waals surface area contributed by atoms with Gasteiger partial charge in [0.25, 0.3) is 0 Å². The van der Waals surface area contributed by atoms with Crippen molar-refractivity contribution in [2.45, 2.75) is 25.2 Å². The van der Waals surface area contributed by atoms with E-state index in [2.05, 4.69) is 15.5 Å². The number of halogens is 2. The van der Waals surface area contributed by atoms with Gasteiger partial charge in [0.2, 0.25) is 5.89 Å². The van der Waals surface area contributed by atoms with Gasteiger partial charge in [0.1, 0.15) is 5.82 Å². The van der Waals surface area contributed by atoms with Gasteiger partial charge in [0, 0.05) is 16.5 Å². The van der Waals surface area contributed by atoms with Crippen molar-refractivity contribution in [1.82, 2.24) is 15.5 Å². The number of nitrogens with one attached hydrogen (secondary N) is 1. The van der Waals surface area contributed by atoms with E-state index >= 15 is 0 Å². The zero-order valence-corrected chi connectivity index (χ0v) is 11.7. The van der Waals surface area contributed by atoms with Crippen LogP contribution in [0.2, 0.25) is 5.02 Å². The van der Waals surface area contributed by atoms with Crippen molar-refractivity contribution in [2.24, 2.45) is 0 Å². The van der Waals surface area contributed by atoms with Crippen molar-refractivity contribution in [3.8, 4) is 0 Å². The van der Waals surface area contributed by atoms with Gasteiger partial charge in [0.05, 0.1) is 6.42 Å². The highest BCUT2D eigenvalue weighted by atomic mass is 35.5. The lowest BCUT2D eigenvalue weighted by atomic mass is 9.98. The van der Waals surface area contributed by atoms with Crippen LogP contribution in [0, 0.1) is 5.82 Å². The van der Waals surface area contributed by atoms with Crippen molar-refractivity contribution in [2.75, 3.05) is 13.1 Å². The lowest BCUT2D eigenvalue weighted by Crippen LogP contribution is -2.27. The molecule has 6 heteroatoms. The highest BCUT2D eigenvalue weighted by Gasteiger charge is 2.21. The minimum Gasteiger partial charge on any atom is -0.339 e. The van der Waals surface area contributed by atoms with E-state index in [0.29, 0.717) is 28.2 Å². The van der Waals surface area contributed by atoms with Crippen LogP contribution in [-0.2, 0) is 6.42 Å². The molecule has 2 aromatic rings. The molecular weight excluding hydrogens is 281 g/mol. The Morgan fingerprint density at radius 1 is 1.35 bits per heavy atom. The lowest BCUT2D eigenvalue weighted by Gasteiger charge is -2.18. The molecule has 1 fully saturated rings. The molecule has 1 aliphatic heterocycles. The molecule has 1 aromatic carbocycles. The molecule has 4 nitrogen and oxygen atoms in total. The molecule has 0 atom stereocenters. The number of aromatic nitrogens is 2. The Labute approximate surface area is 121 Å². The molecule has 1 aromatic heterocycles. The fourth-order valence-corrected chi connectivity index (χ4v) is 2.67. The first-order chi connectivity index (χ1) is 9.74. The molecule has 0 amide bonds. The van der Waals surface area contributed by atoms with Gasteiger partial charge < -0.3 is 9.84 Å². The Kier molecular flexibility index (Phi) is 3.98. The summed E-state index contributed by atoms with van der Waals surface area (Å²) >= 11 is 6.00. The fourth-order valence-electron chi connectivity index (χ4n) is 2.44. The van der Waals surface area contributed by atoms with Crippen molar-refractivity contribution < 1.29 is 8.91 Å². The van der Waals surface area contributed by atoms with E-state index in [-0.39, 0.29) is 12.2 Å². The third-order valence-corrected chi connectivity index (χ3v) is 3.93. The lowest BCUT2D eigenvalue weighted by molar-refractivity contribution is 0.364. The smallest absolute Gasteiger partial charge is 0.231 e. The second-order valence-corrected chi connectivity index (χ2v) is 5.35. The first-order valence-corrected chi connectivity index (χ1v) is 7.08. The summed E-state index contributed by atoms with van der Waals surface area (Å²) in [6.45, 7) is 1.93. The van der Waals surface area contributed by atoms with Gasteiger partial charge in [0.15, 0.2) is 5.82 Å². The molecule has 0 bridgehead atoms. The average Bonchev–Trinajstić information content (AvgIpc) is 2.93. The monoisotopic (exact) mass is 295 g/mol. The van der Waals surface area contributed by atoms with Crippen LogP contribution in [0.25, 0.3) is 0 Å². The zero-order chi connectivity index (χ0) is 13.9. The number of piperidine rings is 1. The summed E-state index contributed by atoms with van der Waals surface area (Å²) in [7, 11) is 0. The molecule has 0 spiro atoms. The summed E-state index contributed by atoms with van der Waals surface area (Å²) in [4.78, 5) is 4.38. The first-order valence-electron chi connectivity index (χ1n) is 6.70. The zero-order valence-electron chi connectivity index (χ0n) is 10.9. The van der Waals surface area contributed by atoms with E-state index in [9.17, 15) is 4.39 Å². The summed E-state index contributed by atoms with van der Waals surface area (Å²) in [6.07, 6.45) is 2.22. The maximum atomic E-state index is 13.7. The SMILES string of the molecule is Fc1cccc(Cl)c1Cc1nc(C2CCNCC2)no1. The predicted octanol–water partition coefficient (Wildman–Crippen LogP) is 2.92. The number of hydrogen-bond acceptors (Lipinski definition) is 4. The van der Waals surface area contributed by atoms with Crippen LogP contribution in [-0.4, -0.2) is 23.2 Å². The van der Waals surface area contributed by atoms with E-state index in [1.165, 1.54) is 6.07 Å². The average molecular weight is 296 g/mol. The Bertz CT molecular complexity index is 576. The van der Waals surface area contributed by atoms with E-state index in [0.717, 1.165) is 25.9 Å². The topological polar surface area (TPSA) is 51.0 Å². The van der Waals surface area contributed by atoms with Gasteiger partial charge in [-0.2, -0.15) is 4.98 Å². The molecule has 0 aliphatic carbocycles. The van der Waals surface area contributed by atoms with Gasteiger partial charge in [-0.3, -0.25) is 0 Å². The largest absolute Gasteiger partial charge is 0.339 e. The molecule has 0 saturated carbocycles. The highest BCUT2D eigenvalue weighted by Crippen LogP contribution is 2.25. The van der Waals surface area contributed by atoms with Gasteiger partial charge in [-0.1, -0.05) is 22.8 Å². The second-order valence-electron chi connectivity index (χ2n) is 4.95. The summed E-state index contributed by atoms with van der Waals surface area (Å²) in [6, 6.07) is 4.62. The molecule has 106 valence electrons. The summed E-state index contributed by atoms with van der Waals surface area (Å²) in [5.41, 5.74) is 0.398. The third-order valence-electron chi connectivity index (χ3n) is 3.58. The van der Waals surface area contributed by atoms with Gasteiger partial charge in [-0.15, -0.1) is 0 Å². The molecule has 1 N–H and O–H groups in total. The molecule has 0 unspecified atom stereocenters. The predicted molar refractivity (Wildman–Crippen MR) is 73.4 cm³/mol. The van der Waals surface area contributed by atoms with Crippen LogP contribution in [0.5, 0.6) is 0 Å². The minimum atomic E-state index is -0.348. The van der Waals surface area contributed by atoms with Crippen LogP contribution in [0.15, 0.2) is 22.7 Å². The highest BCUT2D eigenvalue weighted by molar-refractivity contribution is 6.31. The summed E-state index contributed by atoms with van der Waals surface area (Å²) in [5, 5.41) is 7.69. The van der Waals surface area contributed by atoms with Gasteiger partial charge >= 0.3 is 0 Å². The molecule has 2 heterocycles. The molecule has 3 rings (SSSR count). The number of nitrogens with zero attached hydrogens (tertiary/aromatic N) is 2.